The highest BCUT2D eigenvalue weighted by molar-refractivity contribution is 5.19. The third-order valence-corrected chi connectivity index (χ3v) is 4.65. The molecule has 3 aromatic rings. The fourth-order valence-electron chi connectivity index (χ4n) is 3.33. The van der Waals surface area contributed by atoms with E-state index in [-0.39, 0.29) is 5.82 Å². The van der Waals surface area contributed by atoms with Crippen LogP contribution in [-0.2, 0) is 24.4 Å². The summed E-state index contributed by atoms with van der Waals surface area (Å²) in [6, 6.07) is 20.9. The number of nitrogens with zero attached hydrogens (tertiary/aromatic N) is 2. The monoisotopic (exact) mass is 382 g/mol. The predicted molar refractivity (Wildman–Crippen MR) is 108 cm³/mol. The number of halogens is 1. The predicted octanol–water partition coefficient (Wildman–Crippen LogP) is 3.69. The second-order valence-electron chi connectivity index (χ2n) is 7.02. The molecule has 1 atom stereocenters. The molecule has 1 aromatic heterocycles. The van der Waals surface area contributed by atoms with E-state index in [1.807, 2.05) is 42.6 Å². The number of aliphatic hydroxyl groups is 1. The second-order valence-corrected chi connectivity index (χ2v) is 7.02. The fourth-order valence-corrected chi connectivity index (χ4v) is 3.33. The smallest absolute Gasteiger partial charge is 0.123 e. The molecule has 0 spiro atoms. The van der Waals surface area contributed by atoms with Crippen LogP contribution in [0.1, 0.15) is 16.8 Å². The Morgan fingerprint density at radius 2 is 1.71 bits per heavy atom. The molecule has 148 valence electrons. The Bertz CT molecular complexity index is 833. The van der Waals surface area contributed by atoms with E-state index in [0.29, 0.717) is 26.2 Å². The molecule has 0 amide bonds. The summed E-state index contributed by atoms with van der Waals surface area (Å²) in [5.41, 5.74) is 3.39. The van der Waals surface area contributed by atoms with Gasteiger partial charge in [0.2, 0.25) is 0 Å². The summed E-state index contributed by atoms with van der Waals surface area (Å²) in [5, 5.41) is 10.2. The van der Waals surface area contributed by atoms with E-state index in [1.165, 1.54) is 17.7 Å². The van der Waals surface area contributed by atoms with Crippen LogP contribution in [0.3, 0.4) is 0 Å². The molecule has 0 fully saturated rings. The molecule has 0 saturated carbocycles. The summed E-state index contributed by atoms with van der Waals surface area (Å²) in [6.45, 7) is 2.95. The van der Waals surface area contributed by atoms with Gasteiger partial charge in [0, 0.05) is 45.2 Å². The molecule has 0 bridgehead atoms. The van der Waals surface area contributed by atoms with Crippen molar-refractivity contribution in [3.8, 4) is 0 Å². The zero-order chi connectivity index (χ0) is 19.8. The van der Waals surface area contributed by atoms with Crippen molar-refractivity contribution in [1.29, 1.82) is 0 Å². The van der Waals surface area contributed by atoms with Crippen LogP contribution in [0.5, 0.6) is 0 Å². The van der Waals surface area contributed by atoms with Crippen molar-refractivity contribution in [2.24, 2.45) is 0 Å². The van der Waals surface area contributed by atoms with Gasteiger partial charge in [0.1, 0.15) is 5.82 Å². The number of hydrogen-bond donors (Lipinski definition) is 1. The summed E-state index contributed by atoms with van der Waals surface area (Å²) in [4.78, 5) is 2.22. The van der Waals surface area contributed by atoms with E-state index in [9.17, 15) is 9.50 Å². The van der Waals surface area contributed by atoms with Gasteiger partial charge in [-0.25, -0.2) is 4.39 Å². The number of rotatable bonds is 10. The summed E-state index contributed by atoms with van der Waals surface area (Å²) in [7, 11) is 1.60. The minimum absolute atomic E-state index is 0.224. The van der Waals surface area contributed by atoms with Crippen molar-refractivity contribution < 1.29 is 14.2 Å². The van der Waals surface area contributed by atoms with E-state index >= 15 is 0 Å². The highest BCUT2D eigenvalue weighted by Crippen LogP contribution is 2.14. The van der Waals surface area contributed by atoms with Crippen molar-refractivity contribution in [2.75, 3.05) is 20.3 Å². The maximum atomic E-state index is 13.2. The summed E-state index contributed by atoms with van der Waals surface area (Å²) in [6.07, 6.45) is 1.49. The minimum atomic E-state index is -0.547. The lowest BCUT2D eigenvalue weighted by Gasteiger charge is -2.25. The Hall–Kier alpha value is -2.47. The van der Waals surface area contributed by atoms with Crippen molar-refractivity contribution in [1.82, 2.24) is 9.47 Å². The number of ether oxygens (including phenoxy) is 1. The van der Waals surface area contributed by atoms with E-state index < -0.39 is 6.10 Å². The standard InChI is InChI=1S/C23H27FN2O2/c1-28-18-23(27)17-25(14-19-6-3-2-4-7-19)16-22-8-5-13-26(22)15-20-9-11-21(24)12-10-20/h2-13,23,27H,14-18H2,1H3. The van der Waals surface area contributed by atoms with Crippen LogP contribution in [0.25, 0.3) is 0 Å². The normalized spacial score (nSPS) is 12.4. The lowest BCUT2D eigenvalue weighted by Crippen LogP contribution is -2.34. The first-order valence-electron chi connectivity index (χ1n) is 9.46. The Labute approximate surface area is 165 Å². The highest BCUT2D eigenvalue weighted by Gasteiger charge is 2.15. The lowest BCUT2D eigenvalue weighted by molar-refractivity contribution is 0.0333. The highest BCUT2D eigenvalue weighted by atomic mass is 19.1. The Morgan fingerprint density at radius 1 is 0.964 bits per heavy atom. The molecule has 1 N–H and O–H groups in total. The average molecular weight is 382 g/mol. The van der Waals surface area contributed by atoms with E-state index in [0.717, 1.165) is 17.8 Å². The summed E-state index contributed by atoms with van der Waals surface area (Å²) >= 11 is 0. The van der Waals surface area contributed by atoms with Gasteiger partial charge in [0.05, 0.1) is 12.7 Å². The topological polar surface area (TPSA) is 37.6 Å². The van der Waals surface area contributed by atoms with Crippen LogP contribution >= 0.6 is 0 Å². The van der Waals surface area contributed by atoms with Crippen LogP contribution in [-0.4, -0.2) is 40.9 Å². The summed E-state index contributed by atoms with van der Waals surface area (Å²) in [5.74, 6) is -0.224. The molecule has 2 aromatic carbocycles. The van der Waals surface area contributed by atoms with Gasteiger partial charge < -0.3 is 14.4 Å². The molecule has 0 aliphatic heterocycles. The van der Waals surface area contributed by atoms with Gasteiger partial charge in [0.25, 0.3) is 0 Å². The molecular weight excluding hydrogens is 355 g/mol. The number of hydrogen-bond acceptors (Lipinski definition) is 3. The lowest BCUT2D eigenvalue weighted by atomic mass is 10.2. The SMILES string of the molecule is COCC(O)CN(Cc1ccccc1)Cc1cccn1Cc1ccc(F)cc1. The number of methoxy groups -OCH3 is 1. The van der Waals surface area contributed by atoms with E-state index in [4.69, 9.17) is 4.74 Å². The molecule has 0 aliphatic carbocycles. The third kappa shape index (κ3) is 6.02. The first-order valence-corrected chi connectivity index (χ1v) is 9.46. The van der Waals surface area contributed by atoms with E-state index in [2.05, 4.69) is 27.7 Å². The van der Waals surface area contributed by atoms with Gasteiger partial charge in [-0.05, 0) is 35.4 Å². The molecule has 0 saturated heterocycles. The van der Waals surface area contributed by atoms with Crippen LogP contribution in [0.2, 0.25) is 0 Å². The molecule has 4 nitrogen and oxygen atoms in total. The van der Waals surface area contributed by atoms with Gasteiger partial charge >= 0.3 is 0 Å². The Balaban J connectivity index is 1.72. The largest absolute Gasteiger partial charge is 0.389 e. The molecule has 0 aliphatic rings. The molecule has 1 heterocycles. The van der Waals surface area contributed by atoms with Crippen molar-refractivity contribution in [3.05, 3.63) is 95.6 Å². The molecule has 5 heteroatoms. The summed E-state index contributed by atoms with van der Waals surface area (Å²) < 4.78 is 20.4. The maximum absolute atomic E-state index is 13.2. The number of aliphatic hydroxyl groups excluding tert-OH is 1. The van der Waals surface area contributed by atoms with Gasteiger partial charge in [-0.3, -0.25) is 4.90 Å². The zero-order valence-electron chi connectivity index (χ0n) is 16.2. The van der Waals surface area contributed by atoms with Crippen LogP contribution < -0.4 is 0 Å². The fraction of sp³-hybridized carbons (Fsp3) is 0.304. The van der Waals surface area contributed by atoms with Crippen LogP contribution in [0.4, 0.5) is 4.39 Å². The number of benzene rings is 2. The Morgan fingerprint density at radius 3 is 2.43 bits per heavy atom. The van der Waals surface area contributed by atoms with Crippen molar-refractivity contribution in [3.63, 3.8) is 0 Å². The van der Waals surface area contributed by atoms with Gasteiger partial charge in [0.15, 0.2) is 0 Å². The molecule has 28 heavy (non-hydrogen) atoms. The van der Waals surface area contributed by atoms with Crippen molar-refractivity contribution in [2.45, 2.75) is 25.7 Å². The quantitative estimate of drug-likeness (QED) is 0.581. The first-order chi connectivity index (χ1) is 13.6. The molecule has 3 rings (SSSR count). The molecule has 0 radical (unpaired) electrons. The Kier molecular flexibility index (Phi) is 7.37. The van der Waals surface area contributed by atoms with Crippen LogP contribution in [0.15, 0.2) is 72.9 Å². The number of aromatic nitrogens is 1. The van der Waals surface area contributed by atoms with Gasteiger partial charge in [-0.15, -0.1) is 0 Å². The van der Waals surface area contributed by atoms with Gasteiger partial charge in [-0.1, -0.05) is 42.5 Å². The molecule has 1 unspecified atom stereocenters. The average Bonchev–Trinajstić information content (AvgIpc) is 3.11. The van der Waals surface area contributed by atoms with Gasteiger partial charge in [-0.2, -0.15) is 0 Å². The van der Waals surface area contributed by atoms with Crippen LogP contribution in [0, 0.1) is 5.82 Å². The second kappa shape index (κ2) is 10.2. The maximum Gasteiger partial charge on any atom is 0.123 e. The third-order valence-electron chi connectivity index (χ3n) is 4.65. The molecular formula is C23H27FN2O2. The zero-order valence-corrected chi connectivity index (χ0v) is 16.2. The van der Waals surface area contributed by atoms with Crippen molar-refractivity contribution >= 4 is 0 Å². The first kappa shape index (κ1) is 20.3. The minimum Gasteiger partial charge on any atom is -0.389 e. The van der Waals surface area contributed by atoms with E-state index in [1.54, 1.807) is 7.11 Å².